The zero-order valence-corrected chi connectivity index (χ0v) is 13.7. The summed E-state index contributed by atoms with van der Waals surface area (Å²) in [5, 5.41) is 9.24. The number of carboxylic acids is 1. The summed E-state index contributed by atoms with van der Waals surface area (Å²) in [5.41, 5.74) is 2.25. The first-order chi connectivity index (χ1) is 11.7. The zero-order valence-electron chi connectivity index (χ0n) is 13.7. The minimum Gasteiger partial charge on any atom is -0.489 e. The fourth-order valence-electron chi connectivity index (χ4n) is 3.15. The van der Waals surface area contributed by atoms with Crippen molar-refractivity contribution in [1.29, 1.82) is 0 Å². The third-order valence-corrected chi connectivity index (χ3v) is 4.46. The van der Waals surface area contributed by atoms with Crippen LogP contribution in [-0.4, -0.2) is 29.1 Å². The van der Waals surface area contributed by atoms with E-state index in [1.54, 1.807) is 0 Å². The lowest BCUT2D eigenvalue weighted by atomic mass is 9.98. The fourth-order valence-corrected chi connectivity index (χ4v) is 3.15. The number of aliphatic carboxylic acids is 1. The molecule has 0 amide bonds. The molecule has 4 nitrogen and oxygen atoms in total. The van der Waals surface area contributed by atoms with Gasteiger partial charge >= 0.3 is 5.97 Å². The van der Waals surface area contributed by atoms with E-state index in [-0.39, 0.29) is 5.92 Å². The minimum absolute atomic E-state index is 0.254. The number of carbonyl (C=O) groups is 1. The van der Waals surface area contributed by atoms with Crippen LogP contribution in [0.2, 0.25) is 0 Å². The summed E-state index contributed by atoms with van der Waals surface area (Å²) < 4.78 is 6.00. The number of likely N-dealkylation sites (tertiary alicyclic amines) is 1. The highest BCUT2D eigenvalue weighted by Gasteiger charge is 2.25. The van der Waals surface area contributed by atoms with Crippen LogP contribution in [0.3, 0.4) is 0 Å². The third-order valence-electron chi connectivity index (χ3n) is 4.46. The zero-order chi connectivity index (χ0) is 16.8. The molecule has 0 saturated carbocycles. The van der Waals surface area contributed by atoms with Crippen molar-refractivity contribution in [2.24, 2.45) is 5.92 Å². The molecule has 0 spiro atoms. The summed E-state index contributed by atoms with van der Waals surface area (Å²) in [7, 11) is 0. The molecular formula is C20H23NO3. The molecular weight excluding hydrogens is 302 g/mol. The summed E-state index contributed by atoms with van der Waals surface area (Å²) in [6, 6.07) is 18.1. The van der Waals surface area contributed by atoms with Crippen LogP contribution in [0.15, 0.2) is 54.6 Å². The number of hydrogen-bond donors (Lipinski definition) is 1. The van der Waals surface area contributed by atoms with Gasteiger partial charge in [-0.25, -0.2) is 0 Å². The van der Waals surface area contributed by atoms with E-state index in [1.807, 2.05) is 48.5 Å². The molecule has 24 heavy (non-hydrogen) atoms. The van der Waals surface area contributed by atoms with E-state index in [9.17, 15) is 9.90 Å². The van der Waals surface area contributed by atoms with Gasteiger partial charge in [0.2, 0.25) is 0 Å². The lowest BCUT2D eigenvalue weighted by Crippen LogP contribution is -2.38. The molecule has 2 aromatic rings. The Morgan fingerprint density at radius 1 is 1.12 bits per heavy atom. The molecule has 1 aliphatic heterocycles. The van der Waals surface area contributed by atoms with Gasteiger partial charge in [-0.3, -0.25) is 9.69 Å². The van der Waals surface area contributed by atoms with E-state index in [0.717, 1.165) is 42.8 Å². The van der Waals surface area contributed by atoms with Gasteiger partial charge in [-0.1, -0.05) is 48.5 Å². The van der Waals surface area contributed by atoms with Gasteiger partial charge in [-0.2, -0.15) is 0 Å². The van der Waals surface area contributed by atoms with Crippen LogP contribution in [0.1, 0.15) is 24.0 Å². The summed E-state index contributed by atoms with van der Waals surface area (Å²) in [5.74, 6) is -0.0664. The molecule has 4 heteroatoms. The predicted octanol–water partition coefficient (Wildman–Crippen LogP) is 3.56. The van der Waals surface area contributed by atoms with Crippen molar-refractivity contribution >= 4 is 5.97 Å². The second kappa shape index (κ2) is 7.97. The standard InChI is InChI=1S/C20H23NO3/c22-20(23)18-10-6-12-21(14-18)13-17-9-4-5-11-19(17)24-15-16-7-2-1-3-8-16/h1-5,7-9,11,18H,6,10,12-15H2,(H,22,23). The highest BCUT2D eigenvalue weighted by Crippen LogP contribution is 2.24. The predicted molar refractivity (Wildman–Crippen MR) is 92.9 cm³/mol. The first-order valence-electron chi connectivity index (χ1n) is 8.42. The summed E-state index contributed by atoms with van der Waals surface area (Å²) in [6.45, 7) is 2.82. The van der Waals surface area contributed by atoms with E-state index in [1.165, 1.54) is 0 Å². The first kappa shape index (κ1) is 16.5. The summed E-state index contributed by atoms with van der Waals surface area (Å²) >= 11 is 0. The van der Waals surface area contributed by atoms with E-state index in [4.69, 9.17) is 4.74 Å². The van der Waals surface area contributed by atoms with Gasteiger partial charge in [-0.05, 0) is 31.0 Å². The van der Waals surface area contributed by atoms with E-state index in [2.05, 4.69) is 11.0 Å². The molecule has 126 valence electrons. The molecule has 1 unspecified atom stereocenters. The average molecular weight is 325 g/mol. The monoisotopic (exact) mass is 325 g/mol. The summed E-state index contributed by atoms with van der Waals surface area (Å²) in [6.07, 6.45) is 1.71. The maximum Gasteiger partial charge on any atom is 0.307 e. The number of para-hydroxylation sites is 1. The minimum atomic E-state index is -0.687. The van der Waals surface area contributed by atoms with E-state index >= 15 is 0 Å². The quantitative estimate of drug-likeness (QED) is 0.882. The second-order valence-corrected chi connectivity index (χ2v) is 6.29. The number of nitrogens with zero attached hydrogens (tertiary/aromatic N) is 1. The van der Waals surface area contributed by atoms with Gasteiger partial charge in [0.25, 0.3) is 0 Å². The number of benzene rings is 2. The highest BCUT2D eigenvalue weighted by atomic mass is 16.5. The van der Waals surface area contributed by atoms with Crippen molar-refractivity contribution in [2.45, 2.75) is 26.0 Å². The number of hydrogen-bond acceptors (Lipinski definition) is 3. The normalized spacial score (nSPS) is 18.2. The van der Waals surface area contributed by atoms with Gasteiger partial charge < -0.3 is 9.84 Å². The highest BCUT2D eigenvalue weighted by molar-refractivity contribution is 5.70. The van der Waals surface area contributed by atoms with Crippen LogP contribution in [0, 0.1) is 5.92 Å². The van der Waals surface area contributed by atoms with Crippen molar-refractivity contribution in [2.75, 3.05) is 13.1 Å². The van der Waals surface area contributed by atoms with Crippen LogP contribution in [0.5, 0.6) is 5.75 Å². The number of rotatable bonds is 6. The smallest absolute Gasteiger partial charge is 0.307 e. The SMILES string of the molecule is O=C(O)C1CCCN(Cc2ccccc2OCc2ccccc2)C1. The molecule has 0 radical (unpaired) electrons. The molecule has 3 rings (SSSR count). The molecule has 1 N–H and O–H groups in total. The number of carboxylic acid groups (broad SMARTS) is 1. The molecule has 1 aliphatic rings. The molecule has 0 bridgehead atoms. The third kappa shape index (κ3) is 4.36. The van der Waals surface area contributed by atoms with E-state index < -0.39 is 5.97 Å². The van der Waals surface area contributed by atoms with E-state index in [0.29, 0.717) is 13.2 Å². The Hall–Kier alpha value is -2.33. The number of ether oxygens (including phenoxy) is 1. The lowest BCUT2D eigenvalue weighted by molar-refractivity contribution is -0.143. The van der Waals surface area contributed by atoms with Crippen LogP contribution < -0.4 is 4.74 Å². The Morgan fingerprint density at radius 2 is 1.88 bits per heavy atom. The first-order valence-corrected chi connectivity index (χ1v) is 8.42. The summed E-state index contributed by atoms with van der Waals surface area (Å²) in [4.78, 5) is 13.4. The van der Waals surface area contributed by atoms with Gasteiger partial charge in [0.1, 0.15) is 12.4 Å². The van der Waals surface area contributed by atoms with Gasteiger partial charge in [0.05, 0.1) is 5.92 Å². The van der Waals surface area contributed by atoms with Crippen molar-refractivity contribution in [3.05, 3.63) is 65.7 Å². The van der Waals surface area contributed by atoms with Gasteiger partial charge in [-0.15, -0.1) is 0 Å². The molecule has 0 aromatic heterocycles. The average Bonchev–Trinajstić information content (AvgIpc) is 2.62. The van der Waals surface area contributed by atoms with Crippen LogP contribution in [-0.2, 0) is 17.9 Å². The topological polar surface area (TPSA) is 49.8 Å². The second-order valence-electron chi connectivity index (χ2n) is 6.29. The van der Waals surface area contributed by atoms with Gasteiger partial charge in [0, 0.05) is 18.7 Å². The molecule has 1 heterocycles. The van der Waals surface area contributed by atoms with Crippen LogP contribution in [0.4, 0.5) is 0 Å². The fraction of sp³-hybridized carbons (Fsp3) is 0.350. The Bertz CT molecular complexity index is 672. The molecule has 1 saturated heterocycles. The van der Waals surface area contributed by atoms with Crippen LogP contribution in [0.25, 0.3) is 0 Å². The molecule has 2 aromatic carbocycles. The van der Waals surface area contributed by atoms with Crippen molar-refractivity contribution in [3.63, 3.8) is 0 Å². The molecule has 1 atom stereocenters. The van der Waals surface area contributed by atoms with Crippen molar-refractivity contribution < 1.29 is 14.6 Å². The Kier molecular flexibility index (Phi) is 5.49. The number of piperidine rings is 1. The maximum absolute atomic E-state index is 11.2. The van der Waals surface area contributed by atoms with Crippen molar-refractivity contribution in [1.82, 2.24) is 4.90 Å². The molecule has 1 fully saturated rings. The largest absolute Gasteiger partial charge is 0.489 e. The van der Waals surface area contributed by atoms with Crippen molar-refractivity contribution in [3.8, 4) is 5.75 Å². The van der Waals surface area contributed by atoms with Crippen LogP contribution >= 0.6 is 0 Å². The molecule has 0 aliphatic carbocycles. The maximum atomic E-state index is 11.2. The Balaban J connectivity index is 1.64. The lowest BCUT2D eigenvalue weighted by Gasteiger charge is -2.31. The Labute approximate surface area is 142 Å². The van der Waals surface area contributed by atoms with Gasteiger partial charge in [0.15, 0.2) is 0 Å². The Morgan fingerprint density at radius 3 is 2.67 bits per heavy atom.